The molecule has 2 heteroatoms. The quantitative estimate of drug-likeness (QED) is 0.492. The summed E-state index contributed by atoms with van der Waals surface area (Å²) in [6.45, 7) is 5.57. The first-order valence-corrected chi connectivity index (χ1v) is 2.46. The minimum absolute atomic E-state index is 0.843. The lowest BCUT2D eigenvalue weighted by molar-refractivity contribution is 0.912. The van der Waals surface area contributed by atoms with Gasteiger partial charge in [-0.2, -0.15) is 5.10 Å². The van der Waals surface area contributed by atoms with Gasteiger partial charge in [-0.3, -0.25) is 5.43 Å². The van der Waals surface area contributed by atoms with E-state index < -0.39 is 0 Å². The standard InChI is InChI=1S/C6H8N2/c1-5-3-4-6(2)8-7-5/h3-4,7H,1H2,2H3. The molecular weight excluding hydrogens is 100 g/mol. The van der Waals surface area contributed by atoms with Gasteiger partial charge < -0.3 is 0 Å². The van der Waals surface area contributed by atoms with E-state index in [1.54, 1.807) is 0 Å². The monoisotopic (exact) mass is 108 g/mol. The van der Waals surface area contributed by atoms with Crippen molar-refractivity contribution in [3.63, 3.8) is 0 Å². The van der Waals surface area contributed by atoms with Gasteiger partial charge in [-0.05, 0) is 19.1 Å². The van der Waals surface area contributed by atoms with Gasteiger partial charge in [-0.25, -0.2) is 0 Å². The average Bonchev–Trinajstić information content (AvgIpc) is 1.77. The van der Waals surface area contributed by atoms with Crippen LogP contribution < -0.4 is 5.43 Å². The van der Waals surface area contributed by atoms with Crippen LogP contribution in [-0.4, -0.2) is 5.71 Å². The summed E-state index contributed by atoms with van der Waals surface area (Å²) in [7, 11) is 0. The van der Waals surface area contributed by atoms with E-state index in [9.17, 15) is 0 Å². The van der Waals surface area contributed by atoms with Crippen LogP contribution in [0.25, 0.3) is 0 Å². The van der Waals surface area contributed by atoms with Crippen molar-refractivity contribution >= 4 is 5.71 Å². The molecule has 0 spiro atoms. The van der Waals surface area contributed by atoms with Crippen molar-refractivity contribution in [2.75, 3.05) is 0 Å². The van der Waals surface area contributed by atoms with Crippen molar-refractivity contribution in [3.05, 3.63) is 24.4 Å². The third kappa shape index (κ3) is 0.964. The van der Waals surface area contributed by atoms with Crippen molar-refractivity contribution in [2.45, 2.75) is 6.92 Å². The third-order valence-corrected chi connectivity index (χ3v) is 0.902. The molecule has 0 saturated heterocycles. The Morgan fingerprint density at radius 2 is 2.38 bits per heavy atom. The van der Waals surface area contributed by atoms with Crippen LogP contribution in [0.5, 0.6) is 0 Å². The molecule has 0 radical (unpaired) electrons. The molecule has 0 atom stereocenters. The van der Waals surface area contributed by atoms with Gasteiger partial charge in [0.15, 0.2) is 0 Å². The summed E-state index contributed by atoms with van der Waals surface area (Å²) >= 11 is 0. The van der Waals surface area contributed by atoms with E-state index in [0.29, 0.717) is 0 Å². The predicted molar refractivity (Wildman–Crippen MR) is 34.5 cm³/mol. The average molecular weight is 108 g/mol. The maximum Gasteiger partial charge on any atom is 0.0577 e. The van der Waals surface area contributed by atoms with E-state index in [2.05, 4.69) is 17.1 Å². The molecular formula is C6H8N2. The van der Waals surface area contributed by atoms with Crippen molar-refractivity contribution in [2.24, 2.45) is 5.10 Å². The molecule has 42 valence electrons. The maximum absolute atomic E-state index is 3.89. The Bertz CT molecular complexity index is 163. The Morgan fingerprint density at radius 1 is 1.62 bits per heavy atom. The fourth-order valence-corrected chi connectivity index (χ4v) is 0.456. The van der Waals surface area contributed by atoms with Crippen LogP contribution in [0.15, 0.2) is 29.5 Å². The smallest absolute Gasteiger partial charge is 0.0577 e. The SMILES string of the molecule is C=C1C=CC(C)=NN1. The lowest BCUT2D eigenvalue weighted by atomic mass is 10.3. The Labute approximate surface area is 48.6 Å². The van der Waals surface area contributed by atoms with Crippen molar-refractivity contribution in [1.29, 1.82) is 0 Å². The molecule has 0 aromatic rings. The Hall–Kier alpha value is -1.05. The van der Waals surface area contributed by atoms with Gasteiger partial charge >= 0.3 is 0 Å². The van der Waals surface area contributed by atoms with Crippen molar-refractivity contribution < 1.29 is 0 Å². The summed E-state index contributed by atoms with van der Waals surface area (Å²) < 4.78 is 0. The van der Waals surface area contributed by atoms with Gasteiger partial charge in [0, 0.05) is 5.70 Å². The Morgan fingerprint density at radius 3 is 2.75 bits per heavy atom. The number of allylic oxidation sites excluding steroid dienone is 2. The molecule has 1 rings (SSSR count). The zero-order chi connectivity index (χ0) is 5.98. The zero-order valence-electron chi connectivity index (χ0n) is 4.81. The molecule has 0 aromatic carbocycles. The van der Waals surface area contributed by atoms with Crippen LogP contribution >= 0.6 is 0 Å². The largest absolute Gasteiger partial charge is 0.279 e. The summed E-state index contributed by atoms with van der Waals surface area (Å²) in [5.41, 5.74) is 4.57. The predicted octanol–water partition coefficient (Wildman–Crippen LogP) is 1.04. The van der Waals surface area contributed by atoms with E-state index in [4.69, 9.17) is 0 Å². The zero-order valence-corrected chi connectivity index (χ0v) is 4.81. The Balaban J connectivity index is 2.71. The summed E-state index contributed by atoms with van der Waals surface area (Å²) in [6, 6.07) is 0. The van der Waals surface area contributed by atoms with E-state index in [-0.39, 0.29) is 0 Å². The van der Waals surface area contributed by atoms with Gasteiger partial charge in [-0.1, -0.05) is 6.58 Å². The molecule has 0 amide bonds. The number of hydrogen-bond donors (Lipinski definition) is 1. The molecule has 8 heavy (non-hydrogen) atoms. The summed E-state index contributed by atoms with van der Waals surface area (Å²) in [5.74, 6) is 0. The summed E-state index contributed by atoms with van der Waals surface area (Å²) in [4.78, 5) is 0. The third-order valence-electron chi connectivity index (χ3n) is 0.902. The van der Waals surface area contributed by atoms with Crippen molar-refractivity contribution in [3.8, 4) is 0 Å². The first-order chi connectivity index (χ1) is 3.79. The Kier molecular flexibility index (Phi) is 1.16. The summed E-state index contributed by atoms with van der Waals surface area (Å²) in [5, 5.41) is 3.89. The number of nitrogens with one attached hydrogen (secondary N) is 1. The van der Waals surface area contributed by atoms with Crippen LogP contribution in [0, 0.1) is 0 Å². The van der Waals surface area contributed by atoms with Crippen LogP contribution in [0.2, 0.25) is 0 Å². The topological polar surface area (TPSA) is 24.4 Å². The van der Waals surface area contributed by atoms with Crippen LogP contribution in [0.1, 0.15) is 6.92 Å². The molecule has 1 aliphatic heterocycles. The molecule has 0 bridgehead atoms. The van der Waals surface area contributed by atoms with Gasteiger partial charge in [-0.15, -0.1) is 0 Å². The van der Waals surface area contributed by atoms with E-state index >= 15 is 0 Å². The second-order valence-corrected chi connectivity index (χ2v) is 1.72. The van der Waals surface area contributed by atoms with Crippen LogP contribution in [0.3, 0.4) is 0 Å². The number of hydrogen-bond acceptors (Lipinski definition) is 2. The van der Waals surface area contributed by atoms with E-state index in [0.717, 1.165) is 11.4 Å². The molecule has 1 N–H and O–H groups in total. The first kappa shape index (κ1) is 5.09. The molecule has 0 saturated carbocycles. The highest BCUT2D eigenvalue weighted by atomic mass is 15.3. The van der Waals surface area contributed by atoms with Crippen LogP contribution in [0.4, 0.5) is 0 Å². The maximum atomic E-state index is 3.89. The molecule has 0 aliphatic carbocycles. The molecule has 1 aliphatic rings. The van der Waals surface area contributed by atoms with Gasteiger partial charge in [0.1, 0.15) is 0 Å². The highest BCUT2D eigenvalue weighted by Gasteiger charge is 1.91. The van der Waals surface area contributed by atoms with Crippen LogP contribution in [-0.2, 0) is 0 Å². The number of rotatable bonds is 0. The van der Waals surface area contributed by atoms with Gasteiger partial charge in [0.05, 0.1) is 5.71 Å². The normalized spacial score (nSPS) is 17.6. The summed E-state index contributed by atoms with van der Waals surface area (Å²) in [6.07, 6.45) is 3.81. The van der Waals surface area contributed by atoms with E-state index in [1.807, 2.05) is 19.1 Å². The van der Waals surface area contributed by atoms with Crippen molar-refractivity contribution in [1.82, 2.24) is 5.43 Å². The molecule has 0 unspecified atom stereocenters. The minimum atomic E-state index is 0.843. The molecule has 1 heterocycles. The van der Waals surface area contributed by atoms with Gasteiger partial charge in [0.2, 0.25) is 0 Å². The molecule has 2 nitrogen and oxygen atoms in total. The molecule has 0 fully saturated rings. The number of nitrogens with zero attached hydrogens (tertiary/aromatic N) is 1. The highest BCUT2D eigenvalue weighted by molar-refractivity contribution is 5.93. The second-order valence-electron chi connectivity index (χ2n) is 1.72. The fourth-order valence-electron chi connectivity index (χ4n) is 0.456. The lowest BCUT2D eigenvalue weighted by Crippen LogP contribution is -2.08. The highest BCUT2D eigenvalue weighted by Crippen LogP contribution is 1.94. The first-order valence-electron chi connectivity index (χ1n) is 2.46. The number of hydrazone groups is 1. The lowest BCUT2D eigenvalue weighted by Gasteiger charge is -2.03. The minimum Gasteiger partial charge on any atom is -0.279 e. The van der Waals surface area contributed by atoms with Gasteiger partial charge in [0.25, 0.3) is 0 Å². The van der Waals surface area contributed by atoms with E-state index in [1.165, 1.54) is 0 Å². The fraction of sp³-hybridized carbons (Fsp3) is 0.167. The second kappa shape index (κ2) is 1.82. The molecule has 0 aromatic heterocycles.